The van der Waals surface area contributed by atoms with Gasteiger partial charge in [-0.3, -0.25) is 4.79 Å². The van der Waals surface area contributed by atoms with Crippen molar-refractivity contribution < 1.29 is 4.79 Å². The van der Waals surface area contributed by atoms with Crippen LogP contribution in [-0.2, 0) is 30.7 Å². The predicted molar refractivity (Wildman–Crippen MR) is 131 cm³/mol. The van der Waals surface area contributed by atoms with E-state index >= 15 is 0 Å². The quantitative estimate of drug-likeness (QED) is 0.331. The third-order valence-electron chi connectivity index (χ3n) is 5.32. The summed E-state index contributed by atoms with van der Waals surface area (Å²) >= 11 is 0. The van der Waals surface area contributed by atoms with E-state index < -0.39 is 0 Å². The number of nitrogens with one attached hydrogen (secondary N) is 1. The maximum atomic E-state index is 11.9. The zero-order valence-electron chi connectivity index (χ0n) is 17.3. The van der Waals surface area contributed by atoms with Crippen molar-refractivity contribution in [3.63, 3.8) is 0 Å². The fourth-order valence-corrected chi connectivity index (χ4v) is 3.68. The molecule has 1 fully saturated rings. The number of benzene rings is 2. The summed E-state index contributed by atoms with van der Waals surface area (Å²) in [5.74, 6) is 0.658. The number of rotatable bonds is 7. The lowest BCUT2D eigenvalue weighted by atomic mass is 10.0. The molecule has 0 aromatic heterocycles. The Hall–Kier alpha value is -2.09. The first-order chi connectivity index (χ1) is 13.6. The molecule has 1 heterocycles. The van der Waals surface area contributed by atoms with E-state index in [0.29, 0.717) is 25.5 Å². The average molecular weight is 506 g/mol. The van der Waals surface area contributed by atoms with Gasteiger partial charge in [-0.15, -0.1) is 24.0 Å². The number of amides is 1. The molecule has 0 saturated carbocycles. The Kier molecular flexibility index (Phi) is 8.95. The highest BCUT2D eigenvalue weighted by molar-refractivity contribution is 14.0. The molecular formula is C23H31IN4O. The smallest absolute Gasteiger partial charge is 0.222 e. The van der Waals surface area contributed by atoms with Crippen LogP contribution in [-0.4, -0.2) is 23.3 Å². The third-order valence-corrected chi connectivity index (χ3v) is 5.32. The van der Waals surface area contributed by atoms with Crippen molar-refractivity contribution in [3.8, 4) is 0 Å². The highest BCUT2D eigenvalue weighted by Crippen LogP contribution is 2.22. The van der Waals surface area contributed by atoms with Gasteiger partial charge in [-0.2, -0.15) is 0 Å². The van der Waals surface area contributed by atoms with Crippen molar-refractivity contribution in [1.29, 1.82) is 0 Å². The number of nitrogens with two attached hydrogens (primary N) is 1. The first kappa shape index (κ1) is 23.2. The zero-order valence-corrected chi connectivity index (χ0v) is 19.6. The van der Waals surface area contributed by atoms with E-state index in [0.717, 1.165) is 42.6 Å². The minimum Gasteiger partial charge on any atom is -0.370 e. The Morgan fingerprint density at radius 3 is 2.24 bits per heavy atom. The molecule has 1 saturated heterocycles. The van der Waals surface area contributed by atoms with E-state index in [1.807, 2.05) is 17.0 Å². The molecule has 6 heteroatoms. The molecule has 1 amide bonds. The third kappa shape index (κ3) is 5.95. The highest BCUT2D eigenvalue weighted by Gasteiger charge is 2.20. The van der Waals surface area contributed by atoms with Gasteiger partial charge in [0, 0.05) is 25.2 Å². The zero-order chi connectivity index (χ0) is 19.9. The van der Waals surface area contributed by atoms with Crippen LogP contribution in [0.3, 0.4) is 0 Å². The van der Waals surface area contributed by atoms with Gasteiger partial charge in [-0.25, -0.2) is 4.99 Å². The van der Waals surface area contributed by atoms with Crippen LogP contribution in [0.15, 0.2) is 47.5 Å². The first-order valence-electron chi connectivity index (χ1n) is 10.1. The van der Waals surface area contributed by atoms with Crippen molar-refractivity contribution >= 4 is 41.5 Å². The lowest BCUT2D eigenvalue weighted by Gasteiger charge is -2.18. The van der Waals surface area contributed by atoms with E-state index in [-0.39, 0.29) is 29.9 Å². The summed E-state index contributed by atoms with van der Waals surface area (Å²) in [4.78, 5) is 18.4. The van der Waals surface area contributed by atoms with E-state index in [4.69, 9.17) is 5.73 Å². The minimum atomic E-state index is 0. The topological polar surface area (TPSA) is 70.7 Å². The van der Waals surface area contributed by atoms with Gasteiger partial charge in [0.25, 0.3) is 0 Å². The van der Waals surface area contributed by atoms with Crippen molar-refractivity contribution in [3.05, 3.63) is 64.7 Å². The number of aryl methyl sites for hydroxylation is 2. The lowest BCUT2D eigenvalue weighted by Crippen LogP contribution is -2.25. The van der Waals surface area contributed by atoms with Crippen LogP contribution in [0, 0.1) is 0 Å². The molecule has 3 N–H and O–H groups in total. The van der Waals surface area contributed by atoms with Gasteiger partial charge in [-0.1, -0.05) is 56.3 Å². The number of hydrogen-bond acceptors (Lipinski definition) is 2. The van der Waals surface area contributed by atoms with E-state index in [2.05, 4.69) is 54.5 Å². The molecule has 0 radical (unpaired) electrons. The van der Waals surface area contributed by atoms with Gasteiger partial charge in [-0.05, 0) is 41.5 Å². The fraction of sp³-hybridized carbons (Fsp3) is 0.391. The van der Waals surface area contributed by atoms with Gasteiger partial charge >= 0.3 is 0 Å². The molecule has 0 spiro atoms. The van der Waals surface area contributed by atoms with E-state index in [1.54, 1.807) is 0 Å². The number of guanidine groups is 1. The monoisotopic (exact) mass is 506 g/mol. The number of halogens is 1. The van der Waals surface area contributed by atoms with Gasteiger partial charge in [0.1, 0.15) is 0 Å². The lowest BCUT2D eigenvalue weighted by molar-refractivity contribution is -0.128. The number of anilines is 1. The van der Waals surface area contributed by atoms with Gasteiger partial charge < -0.3 is 16.0 Å². The molecule has 1 aliphatic heterocycles. The second kappa shape index (κ2) is 11.2. The Morgan fingerprint density at radius 2 is 1.66 bits per heavy atom. The maximum Gasteiger partial charge on any atom is 0.222 e. The molecule has 1 aliphatic rings. The summed E-state index contributed by atoms with van der Waals surface area (Å²) in [6.45, 7) is 6.27. The predicted octanol–water partition coefficient (Wildman–Crippen LogP) is 4.48. The van der Waals surface area contributed by atoms with Crippen molar-refractivity contribution in [2.24, 2.45) is 10.7 Å². The molecule has 0 unspecified atom stereocenters. The Morgan fingerprint density at radius 1 is 1.03 bits per heavy atom. The number of likely N-dealkylation sites (tertiary alicyclic amines) is 1. The van der Waals surface area contributed by atoms with Crippen LogP contribution in [0.1, 0.15) is 48.9 Å². The normalized spacial score (nSPS) is 14.1. The Labute approximate surface area is 190 Å². The van der Waals surface area contributed by atoms with Gasteiger partial charge in [0.05, 0.1) is 6.54 Å². The molecule has 29 heavy (non-hydrogen) atoms. The number of para-hydroxylation sites is 1. The van der Waals surface area contributed by atoms with Crippen molar-refractivity contribution in [2.45, 2.75) is 52.6 Å². The van der Waals surface area contributed by atoms with Gasteiger partial charge in [0.2, 0.25) is 5.91 Å². The number of carbonyl (C=O) groups excluding carboxylic acids is 1. The largest absolute Gasteiger partial charge is 0.370 e. The number of nitrogens with zero attached hydrogens (tertiary/aromatic N) is 2. The van der Waals surface area contributed by atoms with Crippen LogP contribution in [0.25, 0.3) is 0 Å². The molecule has 5 nitrogen and oxygen atoms in total. The van der Waals surface area contributed by atoms with Crippen molar-refractivity contribution in [2.75, 3.05) is 11.9 Å². The van der Waals surface area contributed by atoms with Crippen LogP contribution < -0.4 is 11.1 Å². The van der Waals surface area contributed by atoms with Crippen LogP contribution in [0.5, 0.6) is 0 Å². The number of hydrogen-bond donors (Lipinski definition) is 2. The average Bonchev–Trinajstić information content (AvgIpc) is 3.12. The Bertz CT molecular complexity index is 843. The van der Waals surface area contributed by atoms with E-state index in [9.17, 15) is 4.79 Å². The molecular weight excluding hydrogens is 475 g/mol. The summed E-state index contributed by atoms with van der Waals surface area (Å²) in [7, 11) is 0. The number of aliphatic imine (C=N–C) groups is 1. The standard InChI is InChI=1S/C23H30N4O.HI/c1-3-17-11-7-12-18(4-2)22(17)26-23(24)25-15-19-9-5-6-10-20(19)16-27-14-8-13-21(27)28;/h5-7,9-12H,3-4,8,13-16H2,1-2H3,(H3,24,25,26);1H. The molecule has 0 atom stereocenters. The molecule has 2 aromatic rings. The van der Waals surface area contributed by atoms with Crippen LogP contribution in [0.4, 0.5) is 5.69 Å². The minimum absolute atomic E-state index is 0. The summed E-state index contributed by atoms with van der Waals surface area (Å²) in [6.07, 6.45) is 3.49. The second-order valence-electron chi connectivity index (χ2n) is 7.17. The van der Waals surface area contributed by atoms with Crippen LogP contribution in [0.2, 0.25) is 0 Å². The summed E-state index contributed by atoms with van der Waals surface area (Å²) in [6, 6.07) is 14.5. The highest BCUT2D eigenvalue weighted by atomic mass is 127. The fourth-order valence-electron chi connectivity index (χ4n) is 3.68. The second-order valence-corrected chi connectivity index (χ2v) is 7.17. The maximum absolute atomic E-state index is 11.9. The molecule has 0 aliphatic carbocycles. The molecule has 2 aromatic carbocycles. The summed E-state index contributed by atoms with van der Waals surface area (Å²) in [5, 5.41) is 3.31. The first-order valence-corrected chi connectivity index (χ1v) is 10.1. The Balaban J connectivity index is 0.00000300. The van der Waals surface area contributed by atoms with Crippen molar-refractivity contribution in [1.82, 2.24) is 4.90 Å². The summed E-state index contributed by atoms with van der Waals surface area (Å²) < 4.78 is 0. The SMILES string of the molecule is CCc1cccc(CC)c1NC(N)=NCc1ccccc1CN1CCCC1=O.I. The van der Waals surface area contributed by atoms with Gasteiger partial charge in [0.15, 0.2) is 5.96 Å². The molecule has 0 bridgehead atoms. The number of carbonyl (C=O) groups is 1. The molecule has 156 valence electrons. The van der Waals surface area contributed by atoms with Crippen LogP contribution >= 0.6 is 24.0 Å². The molecule has 3 rings (SSSR count). The van der Waals surface area contributed by atoms with E-state index in [1.165, 1.54) is 11.1 Å². The summed E-state index contributed by atoms with van der Waals surface area (Å²) in [5.41, 5.74) is 12.0.